The number of ether oxygens (including phenoxy) is 1. The second-order valence-electron chi connectivity index (χ2n) is 5.27. The topological polar surface area (TPSA) is 46.6 Å². The van der Waals surface area contributed by atoms with Gasteiger partial charge in [0.2, 0.25) is 0 Å². The Morgan fingerprint density at radius 1 is 1.50 bits per heavy atom. The summed E-state index contributed by atoms with van der Waals surface area (Å²) in [7, 11) is 0. The van der Waals surface area contributed by atoms with Crippen molar-refractivity contribution in [3.05, 3.63) is 0 Å². The summed E-state index contributed by atoms with van der Waals surface area (Å²) in [5, 5.41) is 0. The summed E-state index contributed by atoms with van der Waals surface area (Å²) >= 11 is 0. The zero-order chi connectivity index (χ0) is 12.6. The van der Waals surface area contributed by atoms with Crippen LogP contribution in [0.15, 0.2) is 0 Å². The van der Waals surface area contributed by atoms with Gasteiger partial charge in [0.25, 0.3) is 0 Å². The van der Waals surface area contributed by atoms with Crippen LogP contribution < -0.4 is 0 Å². The number of likely N-dealkylation sites (tertiary alicyclic amines) is 1. The van der Waals surface area contributed by atoms with Crippen molar-refractivity contribution in [2.24, 2.45) is 0 Å². The number of ketones is 1. The van der Waals surface area contributed by atoms with Gasteiger partial charge in [-0.1, -0.05) is 0 Å². The van der Waals surface area contributed by atoms with Gasteiger partial charge in [0, 0.05) is 13.0 Å². The van der Waals surface area contributed by atoms with E-state index in [0.29, 0.717) is 0 Å². The first-order valence-corrected chi connectivity index (χ1v) is 5.32. The van der Waals surface area contributed by atoms with E-state index in [0.717, 1.165) is 0 Å². The molecule has 0 N–H and O–H groups in total. The second kappa shape index (κ2) is 4.03. The van der Waals surface area contributed by atoms with Crippen molar-refractivity contribution in [2.45, 2.75) is 45.4 Å². The molecule has 0 radical (unpaired) electrons. The molecular formula is C11H18FNO3. The van der Waals surface area contributed by atoms with E-state index >= 15 is 0 Å². The third kappa shape index (κ3) is 3.18. The molecule has 5 heteroatoms. The van der Waals surface area contributed by atoms with Crippen LogP contribution >= 0.6 is 0 Å². The number of rotatable bonds is 0. The van der Waals surface area contributed by atoms with Gasteiger partial charge in [-0.2, -0.15) is 0 Å². The van der Waals surface area contributed by atoms with E-state index in [-0.39, 0.29) is 19.5 Å². The minimum absolute atomic E-state index is 0.0479. The number of halogens is 1. The van der Waals surface area contributed by atoms with Crippen LogP contribution in [0.4, 0.5) is 9.18 Å². The van der Waals surface area contributed by atoms with Crippen LogP contribution in [0.5, 0.6) is 0 Å². The highest BCUT2D eigenvalue weighted by molar-refractivity contribution is 5.89. The number of carbonyl (C=O) groups excluding carboxylic acids is 2. The van der Waals surface area contributed by atoms with E-state index in [1.807, 2.05) is 0 Å². The molecule has 0 aliphatic carbocycles. The van der Waals surface area contributed by atoms with E-state index in [4.69, 9.17) is 4.74 Å². The third-order valence-corrected chi connectivity index (χ3v) is 2.33. The Bertz CT molecular complexity index is 307. The van der Waals surface area contributed by atoms with Gasteiger partial charge in [-0.15, -0.1) is 0 Å². The Morgan fingerprint density at radius 2 is 2.06 bits per heavy atom. The van der Waals surface area contributed by atoms with Crippen LogP contribution in [0.3, 0.4) is 0 Å². The van der Waals surface area contributed by atoms with Gasteiger partial charge in [-0.25, -0.2) is 9.18 Å². The van der Waals surface area contributed by atoms with Crippen molar-refractivity contribution in [3.63, 3.8) is 0 Å². The molecule has 0 spiro atoms. The SMILES string of the molecule is CC(C)(C)OC(=O)N1CCC(=O)[C@](C)(F)C1. The molecule has 1 saturated heterocycles. The van der Waals surface area contributed by atoms with Gasteiger partial charge < -0.3 is 9.64 Å². The van der Waals surface area contributed by atoms with Crippen LogP contribution in [0.2, 0.25) is 0 Å². The monoisotopic (exact) mass is 231 g/mol. The molecule has 1 aliphatic heterocycles. The predicted molar refractivity (Wildman–Crippen MR) is 56.9 cm³/mol. The highest BCUT2D eigenvalue weighted by Gasteiger charge is 2.41. The van der Waals surface area contributed by atoms with E-state index in [2.05, 4.69) is 0 Å². The van der Waals surface area contributed by atoms with Crippen molar-refractivity contribution >= 4 is 11.9 Å². The Labute approximate surface area is 94.7 Å². The average Bonchev–Trinajstić information content (AvgIpc) is 2.06. The van der Waals surface area contributed by atoms with Gasteiger partial charge in [-0.3, -0.25) is 4.79 Å². The van der Waals surface area contributed by atoms with E-state index in [1.54, 1.807) is 20.8 Å². The Kier molecular flexibility index (Phi) is 3.26. The number of hydrogen-bond acceptors (Lipinski definition) is 3. The minimum atomic E-state index is -1.95. The number of alkyl halides is 1. The summed E-state index contributed by atoms with van der Waals surface area (Å²) in [4.78, 5) is 24.1. The maximum Gasteiger partial charge on any atom is 0.410 e. The fourth-order valence-electron chi connectivity index (χ4n) is 1.51. The van der Waals surface area contributed by atoms with Gasteiger partial charge in [0.05, 0.1) is 6.54 Å². The molecule has 0 saturated carbocycles. The molecule has 4 nitrogen and oxygen atoms in total. The zero-order valence-corrected chi connectivity index (χ0v) is 10.2. The molecule has 0 aromatic carbocycles. The molecule has 1 fully saturated rings. The molecule has 92 valence electrons. The summed E-state index contributed by atoms with van der Waals surface area (Å²) in [6.45, 7) is 6.44. The molecule has 0 bridgehead atoms. The summed E-state index contributed by atoms with van der Waals surface area (Å²) in [5.74, 6) is -0.452. The number of hydrogen-bond donors (Lipinski definition) is 0. The summed E-state index contributed by atoms with van der Waals surface area (Å²) in [6.07, 6.45) is -0.518. The lowest BCUT2D eigenvalue weighted by atomic mass is 9.96. The van der Waals surface area contributed by atoms with Gasteiger partial charge in [0.15, 0.2) is 11.5 Å². The molecule has 1 amide bonds. The zero-order valence-electron chi connectivity index (χ0n) is 10.2. The highest BCUT2D eigenvalue weighted by Crippen LogP contribution is 2.22. The minimum Gasteiger partial charge on any atom is -0.444 e. The molecule has 1 rings (SSSR count). The molecule has 0 aromatic heterocycles. The van der Waals surface area contributed by atoms with E-state index in [1.165, 1.54) is 11.8 Å². The summed E-state index contributed by atoms with van der Waals surface area (Å²) in [5.41, 5.74) is -2.56. The molecule has 0 aromatic rings. The molecule has 1 heterocycles. The first-order valence-electron chi connectivity index (χ1n) is 5.32. The van der Waals surface area contributed by atoms with Gasteiger partial charge in [0.1, 0.15) is 5.60 Å². The lowest BCUT2D eigenvalue weighted by molar-refractivity contribution is -0.134. The van der Waals surface area contributed by atoms with Crippen molar-refractivity contribution < 1.29 is 18.7 Å². The molecular weight excluding hydrogens is 213 g/mol. The van der Waals surface area contributed by atoms with Crippen LogP contribution in [-0.4, -0.2) is 41.1 Å². The molecule has 16 heavy (non-hydrogen) atoms. The Balaban J connectivity index is 2.63. The lowest BCUT2D eigenvalue weighted by Gasteiger charge is -2.34. The maximum absolute atomic E-state index is 13.7. The smallest absolute Gasteiger partial charge is 0.410 e. The van der Waals surface area contributed by atoms with Crippen LogP contribution in [0.1, 0.15) is 34.1 Å². The van der Waals surface area contributed by atoms with Gasteiger partial charge in [-0.05, 0) is 27.7 Å². The molecule has 1 aliphatic rings. The Hall–Kier alpha value is -1.13. The summed E-state index contributed by atoms with van der Waals surface area (Å²) < 4.78 is 18.8. The summed E-state index contributed by atoms with van der Waals surface area (Å²) in [6, 6.07) is 0. The number of nitrogens with zero attached hydrogens (tertiary/aromatic N) is 1. The second-order valence-corrected chi connectivity index (χ2v) is 5.27. The van der Waals surface area contributed by atoms with Crippen molar-refractivity contribution in [1.29, 1.82) is 0 Å². The first kappa shape index (κ1) is 12.9. The van der Waals surface area contributed by atoms with Crippen molar-refractivity contribution in [3.8, 4) is 0 Å². The molecule has 0 unspecified atom stereocenters. The normalized spacial score (nSPS) is 26.8. The van der Waals surface area contributed by atoms with Crippen LogP contribution in [0, 0.1) is 0 Å². The number of piperidine rings is 1. The van der Waals surface area contributed by atoms with Crippen LogP contribution in [-0.2, 0) is 9.53 Å². The number of Topliss-reactive ketones (excluding diaryl/α,β-unsaturated/α-hetero) is 1. The number of carbonyl (C=O) groups is 2. The van der Waals surface area contributed by atoms with Crippen molar-refractivity contribution in [2.75, 3.05) is 13.1 Å². The Morgan fingerprint density at radius 3 is 2.50 bits per heavy atom. The van der Waals surface area contributed by atoms with E-state index in [9.17, 15) is 14.0 Å². The fraction of sp³-hybridized carbons (Fsp3) is 0.818. The highest BCUT2D eigenvalue weighted by atomic mass is 19.1. The maximum atomic E-state index is 13.7. The van der Waals surface area contributed by atoms with Crippen LogP contribution in [0.25, 0.3) is 0 Å². The first-order chi connectivity index (χ1) is 7.12. The van der Waals surface area contributed by atoms with Crippen molar-refractivity contribution in [1.82, 2.24) is 4.90 Å². The fourth-order valence-corrected chi connectivity index (χ4v) is 1.51. The largest absolute Gasteiger partial charge is 0.444 e. The lowest BCUT2D eigenvalue weighted by Crippen LogP contribution is -2.52. The molecule has 1 atom stereocenters. The average molecular weight is 231 g/mol. The number of amides is 1. The van der Waals surface area contributed by atoms with E-state index < -0.39 is 23.1 Å². The third-order valence-electron chi connectivity index (χ3n) is 2.33. The van der Waals surface area contributed by atoms with Gasteiger partial charge >= 0.3 is 6.09 Å². The predicted octanol–water partition coefficient (Wildman–Crippen LogP) is 1.92. The quantitative estimate of drug-likeness (QED) is 0.640. The standard InChI is InChI=1S/C11H18FNO3/c1-10(2,3)16-9(15)13-6-5-8(14)11(4,12)7-13/h5-7H2,1-4H3/t11-/m1/s1.